The maximum atomic E-state index is 12.6. The highest BCUT2D eigenvalue weighted by molar-refractivity contribution is 7.20. The normalized spacial score (nSPS) is 16.6. The number of aromatic nitrogens is 2. The van der Waals surface area contributed by atoms with Crippen LogP contribution in [0.1, 0.15) is 28.2 Å². The van der Waals surface area contributed by atoms with Gasteiger partial charge in [-0.25, -0.2) is 0 Å². The van der Waals surface area contributed by atoms with Gasteiger partial charge in [0.15, 0.2) is 0 Å². The number of thiophene rings is 1. The maximum absolute atomic E-state index is 12.6. The largest absolute Gasteiger partial charge is 0.369 e. The first-order chi connectivity index (χ1) is 9.97. The molecular formula is C14H18N4O2S. The van der Waals surface area contributed by atoms with E-state index in [0.717, 1.165) is 20.8 Å². The van der Waals surface area contributed by atoms with Gasteiger partial charge in [0.1, 0.15) is 4.83 Å². The molecule has 3 rings (SSSR count). The van der Waals surface area contributed by atoms with Crippen molar-refractivity contribution in [1.29, 1.82) is 0 Å². The molecular weight excluding hydrogens is 288 g/mol. The van der Waals surface area contributed by atoms with Crippen LogP contribution < -0.4 is 5.73 Å². The highest BCUT2D eigenvalue weighted by atomic mass is 32.1. The average Bonchev–Trinajstić information content (AvgIpc) is 3.01. The number of nitrogens with two attached hydrogens (primary N) is 1. The SMILES string of the molecule is Cc1nn(C)c2sc(C(=O)N3CCC(C(N)=O)CC3)cc12. The Morgan fingerprint density at radius 1 is 1.38 bits per heavy atom. The summed E-state index contributed by atoms with van der Waals surface area (Å²) >= 11 is 1.47. The van der Waals surface area contributed by atoms with Crippen molar-refractivity contribution in [2.45, 2.75) is 19.8 Å². The zero-order valence-electron chi connectivity index (χ0n) is 12.1. The number of primary amides is 1. The number of likely N-dealkylation sites (tertiary alicyclic amines) is 1. The van der Waals surface area contributed by atoms with Crippen molar-refractivity contribution in [3.05, 3.63) is 16.6 Å². The number of rotatable bonds is 2. The highest BCUT2D eigenvalue weighted by Gasteiger charge is 2.27. The van der Waals surface area contributed by atoms with Crippen molar-refractivity contribution in [3.63, 3.8) is 0 Å². The van der Waals surface area contributed by atoms with E-state index in [-0.39, 0.29) is 17.7 Å². The van der Waals surface area contributed by atoms with Crippen molar-refractivity contribution in [2.75, 3.05) is 13.1 Å². The fourth-order valence-corrected chi connectivity index (χ4v) is 3.92. The average molecular weight is 306 g/mol. The van der Waals surface area contributed by atoms with Gasteiger partial charge in [0.2, 0.25) is 5.91 Å². The van der Waals surface area contributed by atoms with Gasteiger partial charge in [0.25, 0.3) is 5.91 Å². The van der Waals surface area contributed by atoms with E-state index in [1.165, 1.54) is 11.3 Å². The molecule has 0 aromatic carbocycles. The Kier molecular flexibility index (Phi) is 3.44. The maximum Gasteiger partial charge on any atom is 0.264 e. The lowest BCUT2D eigenvalue weighted by Crippen LogP contribution is -2.41. The standard InChI is InChI=1S/C14H18N4O2S/c1-8-10-7-11(21-14(10)17(2)16-8)13(20)18-5-3-9(4-6-18)12(15)19/h7,9H,3-6H2,1-2H3,(H2,15,19). The van der Waals surface area contributed by atoms with Crippen LogP contribution in [0, 0.1) is 12.8 Å². The third-order valence-electron chi connectivity index (χ3n) is 4.09. The summed E-state index contributed by atoms with van der Waals surface area (Å²) in [4.78, 5) is 27.3. The molecule has 1 fully saturated rings. The summed E-state index contributed by atoms with van der Waals surface area (Å²) in [5.74, 6) is -0.313. The third-order valence-corrected chi connectivity index (χ3v) is 5.28. The molecule has 0 unspecified atom stereocenters. The van der Waals surface area contributed by atoms with Crippen molar-refractivity contribution < 1.29 is 9.59 Å². The number of hydrogen-bond acceptors (Lipinski definition) is 4. The van der Waals surface area contributed by atoms with E-state index in [2.05, 4.69) is 5.10 Å². The van der Waals surface area contributed by atoms with Crippen molar-refractivity contribution in [2.24, 2.45) is 18.7 Å². The first kappa shape index (κ1) is 14.1. The highest BCUT2D eigenvalue weighted by Crippen LogP contribution is 2.29. The summed E-state index contributed by atoms with van der Waals surface area (Å²) < 4.78 is 1.81. The van der Waals surface area contributed by atoms with Crippen LogP contribution in [-0.4, -0.2) is 39.6 Å². The van der Waals surface area contributed by atoms with Crippen LogP contribution in [0.5, 0.6) is 0 Å². The van der Waals surface area contributed by atoms with E-state index in [4.69, 9.17) is 5.73 Å². The van der Waals surface area contributed by atoms with Gasteiger partial charge in [-0.2, -0.15) is 5.10 Å². The number of fused-ring (bicyclic) bond motifs is 1. The second kappa shape index (κ2) is 5.14. The predicted molar refractivity (Wildman–Crippen MR) is 81.1 cm³/mol. The van der Waals surface area contributed by atoms with E-state index >= 15 is 0 Å². The van der Waals surface area contributed by atoms with Crippen molar-refractivity contribution in [3.8, 4) is 0 Å². The molecule has 1 aliphatic heterocycles. The number of carbonyl (C=O) groups is 2. The van der Waals surface area contributed by atoms with E-state index in [9.17, 15) is 9.59 Å². The van der Waals surface area contributed by atoms with Gasteiger partial charge in [-0.1, -0.05) is 0 Å². The van der Waals surface area contributed by atoms with Gasteiger partial charge in [0.05, 0.1) is 10.6 Å². The molecule has 21 heavy (non-hydrogen) atoms. The Morgan fingerprint density at radius 2 is 2.05 bits per heavy atom. The van der Waals surface area contributed by atoms with Gasteiger partial charge in [-0.05, 0) is 25.8 Å². The molecule has 7 heteroatoms. The monoisotopic (exact) mass is 306 g/mol. The molecule has 3 heterocycles. The Bertz CT molecular complexity index is 675. The first-order valence-corrected chi connectivity index (χ1v) is 7.80. The molecule has 0 radical (unpaired) electrons. The molecule has 112 valence electrons. The van der Waals surface area contributed by atoms with Crippen LogP contribution in [0.4, 0.5) is 0 Å². The van der Waals surface area contributed by atoms with Crippen LogP contribution in [0.25, 0.3) is 10.2 Å². The summed E-state index contributed by atoms with van der Waals surface area (Å²) in [5.41, 5.74) is 6.26. The minimum Gasteiger partial charge on any atom is -0.369 e. The number of aryl methyl sites for hydroxylation is 2. The molecule has 0 saturated carbocycles. The minimum atomic E-state index is -0.259. The summed E-state index contributed by atoms with van der Waals surface area (Å²) in [7, 11) is 1.89. The molecule has 2 aromatic rings. The van der Waals surface area contributed by atoms with Gasteiger partial charge in [-0.15, -0.1) is 11.3 Å². The quantitative estimate of drug-likeness (QED) is 0.907. The van der Waals surface area contributed by atoms with Crippen molar-refractivity contribution in [1.82, 2.24) is 14.7 Å². The van der Waals surface area contributed by atoms with E-state index in [0.29, 0.717) is 25.9 Å². The first-order valence-electron chi connectivity index (χ1n) is 6.99. The van der Waals surface area contributed by atoms with Gasteiger partial charge < -0.3 is 10.6 Å². The van der Waals surface area contributed by atoms with E-state index in [1.807, 2.05) is 29.6 Å². The van der Waals surface area contributed by atoms with Gasteiger partial charge >= 0.3 is 0 Å². The number of carbonyl (C=O) groups excluding carboxylic acids is 2. The van der Waals surface area contributed by atoms with E-state index < -0.39 is 0 Å². The lowest BCUT2D eigenvalue weighted by atomic mass is 9.96. The molecule has 2 N–H and O–H groups in total. The molecule has 2 amide bonds. The zero-order valence-corrected chi connectivity index (χ0v) is 12.9. The summed E-state index contributed by atoms with van der Waals surface area (Å²) in [6.45, 7) is 3.14. The van der Waals surface area contributed by atoms with Gasteiger partial charge in [-0.3, -0.25) is 14.3 Å². The number of nitrogens with zero attached hydrogens (tertiary/aromatic N) is 3. The van der Waals surface area contributed by atoms with Crippen LogP contribution in [0.2, 0.25) is 0 Å². The number of hydrogen-bond donors (Lipinski definition) is 1. The Hall–Kier alpha value is -1.89. The predicted octanol–water partition coefficient (Wildman–Crippen LogP) is 1.28. The smallest absolute Gasteiger partial charge is 0.264 e. The molecule has 0 atom stereocenters. The van der Waals surface area contributed by atoms with E-state index in [1.54, 1.807) is 0 Å². The van der Waals surface area contributed by atoms with Crippen molar-refractivity contribution >= 4 is 33.4 Å². The fourth-order valence-electron chi connectivity index (χ4n) is 2.83. The topological polar surface area (TPSA) is 81.2 Å². The second-order valence-corrected chi connectivity index (χ2v) is 6.54. The molecule has 1 saturated heterocycles. The summed E-state index contributed by atoms with van der Waals surface area (Å²) in [6, 6.07) is 1.92. The molecule has 0 aliphatic carbocycles. The molecule has 1 aliphatic rings. The lowest BCUT2D eigenvalue weighted by molar-refractivity contribution is -0.123. The molecule has 0 spiro atoms. The Morgan fingerprint density at radius 3 is 2.62 bits per heavy atom. The summed E-state index contributed by atoms with van der Waals surface area (Å²) in [5, 5.41) is 5.38. The lowest BCUT2D eigenvalue weighted by Gasteiger charge is -2.30. The molecule has 2 aromatic heterocycles. The van der Waals surface area contributed by atoms with Gasteiger partial charge in [0, 0.05) is 31.4 Å². The summed E-state index contributed by atoms with van der Waals surface area (Å²) in [6.07, 6.45) is 1.32. The molecule has 0 bridgehead atoms. The van der Waals surface area contributed by atoms with Crippen LogP contribution in [0.3, 0.4) is 0 Å². The third kappa shape index (κ3) is 2.42. The van der Waals surface area contributed by atoms with Crippen LogP contribution in [-0.2, 0) is 11.8 Å². The van der Waals surface area contributed by atoms with Crippen LogP contribution >= 0.6 is 11.3 Å². The second-order valence-electron chi connectivity index (χ2n) is 5.51. The fraction of sp³-hybridized carbons (Fsp3) is 0.500. The number of piperidine rings is 1. The Labute approximate surface area is 126 Å². The number of amides is 2. The minimum absolute atomic E-state index is 0.0403. The van der Waals surface area contributed by atoms with Crippen LogP contribution in [0.15, 0.2) is 6.07 Å². The zero-order chi connectivity index (χ0) is 15.1. The molecule has 6 nitrogen and oxygen atoms in total. The Balaban J connectivity index is 1.78.